The number of hydrogen-bond acceptors (Lipinski definition) is 3. The van der Waals surface area contributed by atoms with Crippen LogP contribution in [0.1, 0.15) is 24.9 Å². The van der Waals surface area contributed by atoms with Gasteiger partial charge in [-0.25, -0.2) is 0 Å². The van der Waals surface area contributed by atoms with Crippen LogP contribution in [0.5, 0.6) is 5.75 Å². The topological polar surface area (TPSA) is 52.3 Å². The summed E-state index contributed by atoms with van der Waals surface area (Å²) in [6.07, 6.45) is 0.750. The maximum Gasteiger partial charge on any atom is 0.120 e. The van der Waals surface area contributed by atoms with Gasteiger partial charge in [0, 0.05) is 10.9 Å². The van der Waals surface area contributed by atoms with Crippen molar-refractivity contribution in [1.82, 2.24) is 0 Å². The first-order valence-electron chi connectivity index (χ1n) is 7.02. The molecule has 0 aliphatic rings. The first-order chi connectivity index (χ1) is 10.2. The summed E-state index contributed by atoms with van der Waals surface area (Å²) >= 11 is 0. The standard InChI is InChI=1S/C17H21NO2S/c1-3-16(17(18)13-8-5-4-6-9-13)21(19)15-11-7-10-14(12-15)20-2/h4-12,16-17H,3,18H2,1-2H3. The van der Waals surface area contributed by atoms with Crippen LogP contribution >= 0.6 is 0 Å². The van der Waals surface area contributed by atoms with Gasteiger partial charge in [-0.15, -0.1) is 0 Å². The molecule has 4 heteroatoms. The molecule has 0 bridgehead atoms. The molecule has 0 spiro atoms. The van der Waals surface area contributed by atoms with Crippen LogP contribution in [0.25, 0.3) is 0 Å². The van der Waals surface area contributed by atoms with E-state index in [2.05, 4.69) is 0 Å². The first kappa shape index (κ1) is 15.7. The average Bonchev–Trinajstić information content (AvgIpc) is 2.56. The summed E-state index contributed by atoms with van der Waals surface area (Å²) in [7, 11) is 0.438. The first-order valence-corrected chi connectivity index (χ1v) is 8.23. The molecule has 0 aliphatic carbocycles. The van der Waals surface area contributed by atoms with E-state index in [0.717, 1.165) is 16.9 Å². The molecule has 21 heavy (non-hydrogen) atoms. The Labute approximate surface area is 128 Å². The van der Waals surface area contributed by atoms with Crippen LogP contribution < -0.4 is 10.5 Å². The Bertz CT molecular complexity index is 601. The summed E-state index contributed by atoms with van der Waals surface area (Å²) in [4.78, 5) is 0.757. The second kappa shape index (κ2) is 7.38. The van der Waals surface area contributed by atoms with E-state index in [1.165, 1.54) is 0 Å². The van der Waals surface area contributed by atoms with Crippen molar-refractivity contribution >= 4 is 10.8 Å². The van der Waals surface area contributed by atoms with Gasteiger partial charge in [0.05, 0.1) is 23.2 Å². The highest BCUT2D eigenvalue weighted by Gasteiger charge is 2.25. The zero-order valence-corrected chi connectivity index (χ0v) is 13.2. The molecule has 0 saturated carbocycles. The number of nitrogens with two attached hydrogens (primary N) is 1. The molecule has 0 aliphatic heterocycles. The molecule has 3 nitrogen and oxygen atoms in total. The largest absolute Gasteiger partial charge is 0.497 e. The van der Waals surface area contributed by atoms with Gasteiger partial charge in [0.25, 0.3) is 0 Å². The number of hydrogen-bond donors (Lipinski definition) is 1. The monoisotopic (exact) mass is 303 g/mol. The molecule has 3 unspecified atom stereocenters. The molecule has 2 aromatic carbocycles. The third kappa shape index (κ3) is 3.71. The van der Waals surface area contributed by atoms with Crippen molar-refractivity contribution in [1.29, 1.82) is 0 Å². The van der Waals surface area contributed by atoms with E-state index in [0.29, 0.717) is 5.75 Å². The zero-order valence-electron chi connectivity index (χ0n) is 12.4. The van der Waals surface area contributed by atoms with Gasteiger partial charge < -0.3 is 10.5 Å². The SMILES string of the molecule is CCC(C(N)c1ccccc1)S(=O)c1cccc(OC)c1. The molecule has 112 valence electrons. The van der Waals surface area contributed by atoms with Crippen LogP contribution in [-0.4, -0.2) is 16.6 Å². The molecule has 2 rings (SSSR count). The molecular formula is C17H21NO2S. The highest BCUT2D eigenvalue weighted by molar-refractivity contribution is 7.85. The molecule has 0 heterocycles. The highest BCUT2D eigenvalue weighted by Crippen LogP contribution is 2.26. The minimum atomic E-state index is -1.17. The third-order valence-electron chi connectivity index (χ3n) is 3.54. The molecule has 0 radical (unpaired) electrons. The number of rotatable bonds is 6. The normalized spacial score (nSPS) is 15.2. The van der Waals surface area contributed by atoms with Crippen LogP contribution in [-0.2, 0) is 10.8 Å². The van der Waals surface area contributed by atoms with Crippen molar-refractivity contribution in [2.45, 2.75) is 29.5 Å². The lowest BCUT2D eigenvalue weighted by molar-refractivity contribution is 0.413. The Kier molecular flexibility index (Phi) is 5.53. The van der Waals surface area contributed by atoms with Gasteiger partial charge in [-0.2, -0.15) is 0 Å². The molecule has 0 saturated heterocycles. The van der Waals surface area contributed by atoms with Crippen molar-refractivity contribution in [3.05, 3.63) is 60.2 Å². The summed E-state index contributed by atoms with van der Waals surface area (Å²) in [5.74, 6) is 0.712. The lowest BCUT2D eigenvalue weighted by atomic mass is 10.0. The second-order valence-corrected chi connectivity index (χ2v) is 6.53. The molecule has 2 aromatic rings. The Hall–Kier alpha value is -1.65. The zero-order chi connectivity index (χ0) is 15.2. The minimum absolute atomic E-state index is 0.125. The van der Waals surface area contributed by atoms with Crippen molar-refractivity contribution in [2.75, 3.05) is 7.11 Å². The van der Waals surface area contributed by atoms with Crippen LogP contribution in [0, 0.1) is 0 Å². The molecule has 3 atom stereocenters. The van der Waals surface area contributed by atoms with Gasteiger partial charge in [0.2, 0.25) is 0 Å². The van der Waals surface area contributed by atoms with Gasteiger partial charge in [-0.3, -0.25) is 4.21 Å². The molecule has 0 aromatic heterocycles. The average molecular weight is 303 g/mol. The minimum Gasteiger partial charge on any atom is -0.497 e. The maximum atomic E-state index is 12.8. The summed E-state index contributed by atoms with van der Waals surface area (Å²) < 4.78 is 18.0. The van der Waals surface area contributed by atoms with Crippen molar-refractivity contribution < 1.29 is 8.95 Å². The van der Waals surface area contributed by atoms with Gasteiger partial charge in [-0.1, -0.05) is 43.3 Å². The van der Waals surface area contributed by atoms with E-state index >= 15 is 0 Å². The van der Waals surface area contributed by atoms with Gasteiger partial charge >= 0.3 is 0 Å². The molecular weight excluding hydrogens is 282 g/mol. The van der Waals surface area contributed by atoms with Crippen molar-refractivity contribution in [3.8, 4) is 5.75 Å². The summed E-state index contributed by atoms with van der Waals surface area (Å²) in [5, 5.41) is -0.125. The highest BCUT2D eigenvalue weighted by atomic mass is 32.2. The smallest absolute Gasteiger partial charge is 0.120 e. The Morgan fingerprint density at radius 2 is 1.86 bits per heavy atom. The van der Waals surface area contributed by atoms with Crippen molar-refractivity contribution in [3.63, 3.8) is 0 Å². The predicted octanol–water partition coefficient (Wildman–Crippen LogP) is 3.28. The lowest BCUT2D eigenvalue weighted by Crippen LogP contribution is -2.29. The number of benzene rings is 2. The Morgan fingerprint density at radius 3 is 2.48 bits per heavy atom. The van der Waals surface area contributed by atoms with Crippen LogP contribution in [0.2, 0.25) is 0 Å². The third-order valence-corrected chi connectivity index (χ3v) is 5.43. The summed E-state index contributed by atoms with van der Waals surface area (Å²) in [6, 6.07) is 17.0. The van der Waals surface area contributed by atoms with E-state index < -0.39 is 10.8 Å². The summed E-state index contributed by atoms with van der Waals surface area (Å²) in [6.45, 7) is 2.02. The van der Waals surface area contributed by atoms with E-state index in [9.17, 15) is 4.21 Å². The van der Waals surface area contributed by atoms with Crippen LogP contribution in [0.4, 0.5) is 0 Å². The number of methoxy groups -OCH3 is 1. The van der Waals surface area contributed by atoms with Crippen LogP contribution in [0.15, 0.2) is 59.5 Å². The maximum absolute atomic E-state index is 12.8. The Balaban J connectivity index is 2.26. The van der Waals surface area contributed by atoms with E-state index in [1.807, 2.05) is 61.5 Å². The van der Waals surface area contributed by atoms with Gasteiger partial charge in [-0.05, 0) is 30.2 Å². The fourth-order valence-corrected chi connectivity index (χ4v) is 3.85. The lowest BCUT2D eigenvalue weighted by Gasteiger charge is -2.22. The summed E-state index contributed by atoms with van der Waals surface area (Å²) in [5.41, 5.74) is 7.35. The van der Waals surface area contributed by atoms with E-state index in [1.54, 1.807) is 7.11 Å². The molecule has 0 fully saturated rings. The predicted molar refractivity (Wildman–Crippen MR) is 86.9 cm³/mol. The fraction of sp³-hybridized carbons (Fsp3) is 0.294. The van der Waals surface area contributed by atoms with E-state index in [4.69, 9.17) is 10.5 Å². The van der Waals surface area contributed by atoms with Crippen LogP contribution in [0.3, 0.4) is 0 Å². The van der Waals surface area contributed by atoms with Gasteiger partial charge in [0.15, 0.2) is 0 Å². The quantitative estimate of drug-likeness (QED) is 0.891. The second-order valence-electron chi connectivity index (χ2n) is 4.86. The Morgan fingerprint density at radius 1 is 1.14 bits per heavy atom. The number of ether oxygens (including phenoxy) is 1. The van der Waals surface area contributed by atoms with E-state index in [-0.39, 0.29) is 11.3 Å². The van der Waals surface area contributed by atoms with Gasteiger partial charge in [0.1, 0.15) is 5.75 Å². The molecule has 0 amide bonds. The fourth-order valence-electron chi connectivity index (χ4n) is 2.33. The molecule has 2 N–H and O–H groups in total. The van der Waals surface area contributed by atoms with Crippen molar-refractivity contribution in [2.24, 2.45) is 5.73 Å².